The van der Waals surface area contributed by atoms with E-state index in [1.807, 2.05) is 40.7 Å². The molecule has 0 saturated carbocycles. The lowest BCUT2D eigenvalue weighted by Crippen LogP contribution is -2.33. The summed E-state index contributed by atoms with van der Waals surface area (Å²) in [5, 5.41) is 0. The standard InChI is InChI=1S/C25H33FN2O2/c1-15-10-19(11-16(2)22(15)23(24(27)29)25(3,4)5)28-9-7-8-17-13-21(30-6)20(26)12-18(17)14-28/h10-13,23H,7-9,14H2,1-6H3,(H2,27,29). The van der Waals surface area contributed by atoms with Gasteiger partial charge in [0, 0.05) is 18.8 Å². The smallest absolute Gasteiger partial charge is 0.225 e. The van der Waals surface area contributed by atoms with Crippen molar-refractivity contribution in [1.29, 1.82) is 0 Å². The summed E-state index contributed by atoms with van der Waals surface area (Å²) in [7, 11) is 1.50. The SMILES string of the molecule is COc1cc2c(cc1F)CN(c1cc(C)c(C(C(N)=O)C(C)(C)C)c(C)c1)CCC2. The average molecular weight is 413 g/mol. The first-order chi connectivity index (χ1) is 14.0. The van der Waals surface area contributed by atoms with E-state index in [2.05, 4.69) is 17.0 Å². The number of aryl methyl sites for hydroxylation is 3. The predicted octanol–water partition coefficient (Wildman–Crippen LogP) is 5.02. The molecule has 1 unspecified atom stereocenters. The van der Waals surface area contributed by atoms with E-state index in [1.165, 1.54) is 7.11 Å². The van der Waals surface area contributed by atoms with E-state index in [1.54, 1.807) is 6.07 Å². The molecule has 0 spiro atoms. The highest BCUT2D eigenvalue weighted by atomic mass is 19.1. The van der Waals surface area contributed by atoms with Gasteiger partial charge in [0.05, 0.1) is 13.0 Å². The number of hydrogen-bond donors (Lipinski definition) is 1. The molecule has 2 aromatic rings. The number of primary amides is 1. The van der Waals surface area contributed by atoms with Crippen molar-refractivity contribution < 1.29 is 13.9 Å². The molecule has 1 aliphatic rings. The van der Waals surface area contributed by atoms with E-state index in [0.717, 1.165) is 52.9 Å². The summed E-state index contributed by atoms with van der Waals surface area (Å²) in [6, 6.07) is 7.70. The number of nitrogens with zero attached hydrogens (tertiary/aromatic N) is 1. The number of hydrogen-bond acceptors (Lipinski definition) is 3. The van der Waals surface area contributed by atoms with E-state index in [9.17, 15) is 9.18 Å². The normalized spacial score (nSPS) is 15.4. The minimum Gasteiger partial charge on any atom is -0.494 e. The summed E-state index contributed by atoms with van der Waals surface area (Å²) < 4.78 is 19.5. The molecular weight excluding hydrogens is 379 g/mol. The number of amides is 1. The Labute approximate surface area is 179 Å². The predicted molar refractivity (Wildman–Crippen MR) is 120 cm³/mol. The van der Waals surface area contributed by atoms with Crippen LogP contribution in [0, 0.1) is 25.1 Å². The quantitative estimate of drug-likeness (QED) is 0.767. The lowest BCUT2D eigenvalue weighted by molar-refractivity contribution is -0.121. The van der Waals surface area contributed by atoms with Gasteiger partial charge in [-0.2, -0.15) is 0 Å². The minimum atomic E-state index is -0.349. The molecule has 30 heavy (non-hydrogen) atoms. The first-order valence-electron chi connectivity index (χ1n) is 10.5. The molecule has 162 valence electrons. The molecule has 1 atom stereocenters. The van der Waals surface area contributed by atoms with Crippen LogP contribution in [0.15, 0.2) is 24.3 Å². The van der Waals surface area contributed by atoms with Crippen LogP contribution >= 0.6 is 0 Å². The van der Waals surface area contributed by atoms with Gasteiger partial charge in [0.2, 0.25) is 5.91 Å². The number of halogens is 1. The minimum absolute atomic E-state index is 0.263. The zero-order valence-electron chi connectivity index (χ0n) is 18.9. The third kappa shape index (κ3) is 4.30. The number of rotatable bonds is 4. The van der Waals surface area contributed by atoms with Gasteiger partial charge in [0.25, 0.3) is 0 Å². The largest absolute Gasteiger partial charge is 0.494 e. The van der Waals surface area contributed by atoms with Gasteiger partial charge >= 0.3 is 0 Å². The summed E-state index contributed by atoms with van der Waals surface area (Å²) in [5.41, 5.74) is 11.9. The molecule has 0 bridgehead atoms. The Kier molecular flexibility index (Phi) is 6.11. The zero-order valence-corrected chi connectivity index (χ0v) is 18.9. The van der Waals surface area contributed by atoms with Crippen LogP contribution in [-0.2, 0) is 17.8 Å². The molecule has 0 aliphatic carbocycles. The summed E-state index contributed by atoms with van der Waals surface area (Å²) in [4.78, 5) is 14.6. The molecule has 2 aromatic carbocycles. The molecule has 0 radical (unpaired) electrons. The van der Waals surface area contributed by atoms with E-state index < -0.39 is 0 Å². The van der Waals surface area contributed by atoms with Gasteiger partial charge in [-0.25, -0.2) is 4.39 Å². The lowest BCUT2D eigenvalue weighted by Gasteiger charge is -2.32. The van der Waals surface area contributed by atoms with E-state index in [-0.39, 0.29) is 23.1 Å². The van der Waals surface area contributed by atoms with Crippen molar-refractivity contribution in [2.45, 2.75) is 59.9 Å². The van der Waals surface area contributed by atoms with E-state index >= 15 is 0 Å². The van der Waals surface area contributed by atoms with Gasteiger partial charge in [0.15, 0.2) is 11.6 Å². The number of carbonyl (C=O) groups is 1. The van der Waals surface area contributed by atoms with Crippen molar-refractivity contribution in [3.8, 4) is 5.75 Å². The maximum atomic E-state index is 14.3. The molecule has 1 heterocycles. The Morgan fingerprint density at radius 3 is 2.30 bits per heavy atom. The second kappa shape index (κ2) is 8.29. The molecule has 1 amide bonds. The number of fused-ring (bicyclic) bond motifs is 1. The number of methoxy groups -OCH3 is 1. The molecule has 1 aliphatic heterocycles. The first kappa shape index (κ1) is 22.1. The highest BCUT2D eigenvalue weighted by Gasteiger charge is 2.33. The van der Waals surface area contributed by atoms with E-state index in [4.69, 9.17) is 10.5 Å². The average Bonchev–Trinajstić information content (AvgIpc) is 2.84. The van der Waals surface area contributed by atoms with Crippen LogP contribution in [0.4, 0.5) is 10.1 Å². The second-order valence-corrected chi connectivity index (χ2v) is 9.48. The lowest BCUT2D eigenvalue weighted by atomic mass is 9.73. The number of ether oxygens (including phenoxy) is 1. The number of nitrogens with two attached hydrogens (primary N) is 1. The summed E-state index contributed by atoms with van der Waals surface area (Å²) in [6.45, 7) is 11.8. The van der Waals surface area contributed by atoms with Gasteiger partial charge in [-0.05, 0) is 84.2 Å². The fourth-order valence-electron chi connectivity index (χ4n) is 4.73. The van der Waals surface area contributed by atoms with Crippen molar-refractivity contribution in [2.24, 2.45) is 11.1 Å². The van der Waals surface area contributed by atoms with Crippen molar-refractivity contribution in [3.05, 3.63) is 57.9 Å². The van der Waals surface area contributed by atoms with Gasteiger partial charge in [0.1, 0.15) is 0 Å². The van der Waals surface area contributed by atoms with Crippen LogP contribution < -0.4 is 15.4 Å². The Morgan fingerprint density at radius 1 is 1.13 bits per heavy atom. The Bertz CT molecular complexity index is 939. The maximum absolute atomic E-state index is 14.3. The fourth-order valence-corrected chi connectivity index (χ4v) is 4.73. The maximum Gasteiger partial charge on any atom is 0.225 e. The van der Waals surface area contributed by atoms with Crippen molar-refractivity contribution in [2.75, 3.05) is 18.6 Å². The van der Waals surface area contributed by atoms with Gasteiger partial charge < -0.3 is 15.4 Å². The highest BCUT2D eigenvalue weighted by molar-refractivity contribution is 5.84. The Hall–Kier alpha value is -2.56. The summed E-state index contributed by atoms with van der Waals surface area (Å²) in [5.74, 6) is -0.666. The monoisotopic (exact) mass is 412 g/mol. The number of benzene rings is 2. The van der Waals surface area contributed by atoms with Crippen molar-refractivity contribution >= 4 is 11.6 Å². The van der Waals surface area contributed by atoms with Crippen LogP contribution in [0.5, 0.6) is 5.75 Å². The Balaban J connectivity index is 1.99. The number of anilines is 1. The summed E-state index contributed by atoms with van der Waals surface area (Å²) in [6.07, 6.45) is 1.87. The Morgan fingerprint density at radius 2 is 1.77 bits per heavy atom. The third-order valence-corrected chi connectivity index (χ3v) is 6.09. The van der Waals surface area contributed by atoms with Crippen molar-refractivity contribution in [3.63, 3.8) is 0 Å². The third-order valence-electron chi connectivity index (χ3n) is 6.09. The topological polar surface area (TPSA) is 55.6 Å². The number of carbonyl (C=O) groups excluding carboxylic acids is 1. The highest BCUT2D eigenvalue weighted by Crippen LogP contribution is 2.40. The second-order valence-electron chi connectivity index (χ2n) is 9.48. The van der Waals surface area contributed by atoms with Crippen molar-refractivity contribution in [1.82, 2.24) is 0 Å². The molecule has 2 N–H and O–H groups in total. The molecular formula is C25H33FN2O2. The van der Waals surface area contributed by atoms with Crippen LogP contribution in [0.25, 0.3) is 0 Å². The van der Waals surface area contributed by atoms with Crippen LogP contribution in [-0.4, -0.2) is 19.6 Å². The first-order valence-corrected chi connectivity index (χ1v) is 10.5. The zero-order chi connectivity index (χ0) is 22.2. The fraction of sp³-hybridized carbons (Fsp3) is 0.480. The van der Waals surface area contributed by atoms with Gasteiger partial charge in [-0.3, -0.25) is 4.79 Å². The van der Waals surface area contributed by atoms with Crippen LogP contribution in [0.3, 0.4) is 0 Å². The van der Waals surface area contributed by atoms with Crippen LogP contribution in [0.2, 0.25) is 0 Å². The molecule has 3 rings (SSSR count). The van der Waals surface area contributed by atoms with Crippen LogP contribution in [0.1, 0.15) is 60.9 Å². The molecule has 0 aromatic heterocycles. The summed E-state index contributed by atoms with van der Waals surface area (Å²) >= 11 is 0. The molecule has 4 nitrogen and oxygen atoms in total. The molecule has 0 saturated heterocycles. The molecule has 0 fully saturated rings. The van der Waals surface area contributed by atoms with Gasteiger partial charge in [-0.1, -0.05) is 20.8 Å². The van der Waals surface area contributed by atoms with E-state index in [0.29, 0.717) is 12.3 Å². The molecule has 5 heteroatoms. The van der Waals surface area contributed by atoms with Gasteiger partial charge in [-0.15, -0.1) is 0 Å².